The van der Waals surface area contributed by atoms with Crippen molar-refractivity contribution >= 4 is 28.7 Å². The normalized spacial score (nSPS) is 11.1. The molecule has 28 heavy (non-hydrogen) atoms. The number of aromatic amines is 1. The Morgan fingerprint density at radius 1 is 0.964 bits per heavy atom. The Morgan fingerprint density at radius 3 is 2.46 bits per heavy atom. The van der Waals surface area contributed by atoms with E-state index in [9.17, 15) is 14.4 Å². The van der Waals surface area contributed by atoms with Gasteiger partial charge in [-0.1, -0.05) is 24.3 Å². The van der Waals surface area contributed by atoms with Crippen LogP contribution in [0.25, 0.3) is 17.0 Å². The van der Waals surface area contributed by atoms with Gasteiger partial charge >= 0.3 is 0 Å². The number of hydrogen-bond acceptors (Lipinski definition) is 5. The zero-order valence-electron chi connectivity index (χ0n) is 14.6. The Kier molecular flexibility index (Phi) is 4.47. The Bertz CT molecular complexity index is 1250. The first-order valence-corrected chi connectivity index (χ1v) is 8.48. The number of para-hydroxylation sites is 1. The monoisotopic (exact) mass is 370 g/mol. The van der Waals surface area contributed by atoms with Gasteiger partial charge in [-0.2, -0.15) is 5.10 Å². The zero-order chi connectivity index (χ0) is 19.5. The van der Waals surface area contributed by atoms with Gasteiger partial charge in [0.25, 0.3) is 11.5 Å². The van der Waals surface area contributed by atoms with Gasteiger partial charge in [0.2, 0.25) is 0 Å². The molecule has 2 heterocycles. The third-order valence-electron chi connectivity index (χ3n) is 4.15. The number of carbonyl (C=O) groups excluding carboxylic acids is 2. The first-order valence-electron chi connectivity index (χ1n) is 8.48. The van der Waals surface area contributed by atoms with Gasteiger partial charge in [-0.15, -0.1) is 0 Å². The highest BCUT2D eigenvalue weighted by molar-refractivity contribution is 6.07. The maximum Gasteiger partial charge on any atom is 0.278 e. The largest absolute Gasteiger partial charge is 0.306 e. The van der Waals surface area contributed by atoms with Gasteiger partial charge in [0.05, 0.1) is 10.9 Å². The van der Waals surface area contributed by atoms with Crippen molar-refractivity contribution in [2.75, 3.05) is 0 Å². The molecule has 7 heteroatoms. The molecular weight excluding hydrogens is 356 g/mol. The fourth-order valence-corrected chi connectivity index (χ4v) is 2.73. The van der Waals surface area contributed by atoms with E-state index in [1.54, 1.807) is 60.8 Å². The van der Waals surface area contributed by atoms with E-state index in [0.717, 1.165) is 0 Å². The Labute approximate surface area is 159 Å². The van der Waals surface area contributed by atoms with E-state index in [4.69, 9.17) is 0 Å². The third-order valence-corrected chi connectivity index (χ3v) is 4.15. The quantitative estimate of drug-likeness (QED) is 0.440. The summed E-state index contributed by atoms with van der Waals surface area (Å²) in [6.07, 6.45) is 5.86. The maximum absolute atomic E-state index is 12.4. The fourth-order valence-electron chi connectivity index (χ4n) is 2.73. The van der Waals surface area contributed by atoms with Gasteiger partial charge in [0.15, 0.2) is 5.78 Å². The van der Waals surface area contributed by atoms with E-state index < -0.39 is 0 Å². The second-order valence-electron chi connectivity index (χ2n) is 6.00. The molecule has 2 aromatic heterocycles. The second-order valence-corrected chi connectivity index (χ2v) is 6.00. The van der Waals surface area contributed by atoms with Crippen LogP contribution in [0.3, 0.4) is 0 Å². The smallest absolute Gasteiger partial charge is 0.278 e. The van der Waals surface area contributed by atoms with Crippen LogP contribution in [0.2, 0.25) is 0 Å². The van der Waals surface area contributed by atoms with Crippen molar-refractivity contribution in [1.82, 2.24) is 19.7 Å². The lowest BCUT2D eigenvalue weighted by molar-refractivity contribution is 0.0944. The Balaban J connectivity index is 1.53. The zero-order valence-corrected chi connectivity index (χ0v) is 14.6. The minimum absolute atomic E-state index is 0.265. The first-order chi connectivity index (χ1) is 13.6. The highest BCUT2D eigenvalue weighted by Crippen LogP contribution is 2.10. The summed E-state index contributed by atoms with van der Waals surface area (Å²) in [7, 11) is 0. The minimum atomic E-state index is -0.280. The maximum atomic E-state index is 12.4. The Morgan fingerprint density at radius 2 is 1.71 bits per heavy atom. The molecule has 0 radical (unpaired) electrons. The van der Waals surface area contributed by atoms with Crippen LogP contribution >= 0.6 is 0 Å². The number of aromatic nitrogens is 4. The summed E-state index contributed by atoms with van der Waals surface area (Å²) >= 11 is 0. The molecule has 0 aliphatic carbocycles. The molecule has 0 saturated carbocycles. The van der Waals surface area contributed by atoms with Crippen molar-refractivity contribution in [2.45, 2.75) is 0 Å². The predicted molar refractivity (Wildman–Crippen MR) is 104 cm³/mol. The summed E-state index contributed by atoms with van der Waals surface area (Å²) in [5, 5.41) is 4.38. The topological polar surface area (TPSA) is 97.7 Å². The van der Waals surface area contributed by atoms with Gasteiger partial charge < -0.3 is 4.98 Å². The van der Waals surface area contributed by atoms with Crippen molar-refractivity contribution in [3.63, 3.8) is 0 Å². The summed E-state index contributed by atoms with van der Waals surface area (Å²) < 4.78 is 1.22. The van der Waals surface area contributed by atoms with Crippen molar-refractivity contribution in [3.05, 3.63) is 100 Å². The van der Waals surface area contributed by atoms with Crippen LogP contribution in [0.1, 0.15) is 26.5 Å². The molecule has 0 aliphatic heterocycles. The minimum Gasteiger partial charge on any atom is -0.306 e. The number of hydrogen-bond donors (Lipinski definition) is 1. The van der Waals surface area contributed by atoms with E-state index in [0.29, 0.717) is 27.9 Å². The molecule has 136 valence electrons. The number of ketones is 1. The summed E-state index contributed by atoms with van der Waals surface area (Å²) in [5.41, 5.74) is 1.13. The SMILES string of the molecule is O=C(/C=C/c1nc2ccccc2c(=O)[nH]1)c1ccc(C(=O)n2cccn2)cc1. The van der Waals surface area contributed by atoms with Crippen LogP contribution in [-0.4, -0.2) is 31.4 Å². The summed E-state index contributed by atoms with van der Waals surface area (Å²) in [4.78, 5) is 43.6. The number of benzene rings is 2. The van der Waals surface area contributed by atoms with E-state index >= 15 is 0 Å². The highest BCUT2D eigenvalue weighted by atomic mass is 16.2. The number of allylic oxidation sites excluding steroid dienone is 1. The molecule has 0 spiro atoms. The van der Waals surface area contributed by atoms with Crippen LogP contribution in [0, 0.1) is 0 Å². The molecule has 7 nitrogen and oxygen atoms in total. The fraction of sp³-hybridized carbons (Fsp3) is 0. The molecule has 0 bridgehead atoms. The van der Waals surface area contributed by atoms with Crippen molar-refractivity contribution in [2.24, 2.45) is 0 Å². The molecular formula is C21H14N4O3. The lowest BCUT2D eigenvalue weighted by Gasteiger charge is -2.02. The average Bonchev–Trinajstić information content (AvgIpc) is 3.26. The van der Waals surface area contributed by atoms with Gasteiger partial charge in [-0.05, 0) is 42.5 Å². The number of H-pyrrole nitrogens is 1. The van der Waals surface area contributed by atoms with Crippen LogP contribution in [0.15, 0.2) is 77.9 Å². The van der Waals surface area contributed by atoms with Crippen molar-refractivity contribution in [3.8, 4) is 0 Å². The van der Waals surface area contributed by atoms with Crippen LogP contribution < -0.4 is 5.56 Å². The predicted octanol–water partition coefficient (Wildman–Crippen LogP) is 2.70. The number of rotatable bonds is 4. The van der Waals surface area contributed by atoms with Gasteiger partial charge in [-0.25, -0.2) is 9.67 Å². The number of carbonyl (C=O) groups is 2. The lowest BCUT2D eigenvalue weighted by atomic mass is 10.1. The summed E-state index contributed by atoms with van der Waals surface area (Å²) in [6.45, 7) is 0. The van der Waals surface area contributed by atoms with Crippen LogP contribution in [0.4, 0.5) is 0 Å². The molecule has 1 N–H and O–H groups in total. The first kappa shape index (κ1) is 17.3. The Hall–Kier alpha value is -4.13. The standard InChI is InChI=1S/C21H14N4O3/c26-18(10-11-19-23-17-5-2-1-4-16(17)20(27)24-19)14-6-8-15(9-7-14)21(28)25-13-3-12-22-25/h1-13H,(H,23,24,27)/b11-10+. The molecule has 2 aromatic carbocycles. The van der Waals surface area contributed by atoms with Gasteiger partial charge in [0, 0.05) is 23.5 Å². The molecule has 0 fully saturated rings. The molecule has 0 unspecified atom stereocenters. The van der Waals surface area contributed by atoms with E-state index in [1.165, 1.54) is 23.0 Å². The van der Waals surface area contributed by atoms with Gasteiger partial charge in [-0.3, -0.25) is 14.4 Å². The molecule has 0 saturated heterocycles. The lowest BCUT2D eigenvalue weighted by Crippen LogP contribution is -2.12. The molecule has 0 amide bonds. The number of fused-ring (bicyclic) bond motifs is 1. The average molecular weight is 370 g/mol. The van der Waals surface area contributed by atoms with E-state index in [1.807, 2.05) is 0 Å². The van der Waals surface area contributed by atoms with Crippen molar-refractivity contribution in [1.29, 1.82) is 0 Å². The second kappa shape index (κ2) is 7.24. The molecule has 4 rings (SSSR count). The number of nitrogens with one attached hydrogen (secondary N) is 1. The van der Waals surface area contributed by atoms with Crippen LogP contribution in [-0.2, 0) is 0 Å². The van der Waals surface area contributed by atoms with Crippen molar-refractivity contribution < 1.29 is 9.59 Å². The number of nitrogens with zero attached hydrogens (tertiary/aromatic N) is 3. The molecule has 4 aromatic rings. The van der Waals surface area contributed by atoms with Crippen LogP contribution in [0.5, 0.6) is 0 Å². The highest BCUT2D eigenvalue weighted by Gasteiger charge is 2.10. The summed E-state index contributed by atoms with van der Waals surface area (Å²) in [5.74, 6) is -0.256. The summed E-state index contributed by atoms with van der Waals surface area (Å²) in [6, 6.07) is 14.9. The van der Waals surface area contributed by atoms with Gasteiger partial charge in [0.1, 0.15) is 5.82 Å². The molecule has 0 aliphatic rings. The molecule has 0 atom stereocenters. The third kappa shape index (κ3) is 3.41. The van der Waals surface area contributed by atoms with E-state index in [-0.39, 0.29) is 17.2 Å². The van der Waals surface area contributed by atoms with E-state index in [2.05, 4.69) is 15.1 Å².